The molecule has 2 aromatic carbocycles. The first kappa shape index (κ1) is 14.8. The van der Waals surface area contributed by atoms with Crippen LogP contribution in [0.25, 0.3) is 0 Å². The lowest BCUT2D eigenvalue weighted by Gasteiger charge is -2.15. The van der Waals surface area contributed by atoms with E-state index in [0.717, 1.165) is 5.56 Å². The van der Waals surface area contributed by atoms with Crippen molar-refractivity contribution in [3.8, 4) is 5.75 Å². The zero-order chi connectivity index (χ0) is 15.4. The SMILES string of the molecule is COc1cc(C(=O)NC(C)c2ccc(N)cc2)ccc1F. The van der Waals surface area contributed by atoms with Gasteiger partial charge >= 0.3 is 0 Å². The van der Waals surface area contributed by atoms with Crippen LogP contribution in [0, 0.1) is 5.82 Å². The van der Waals surface area contributed by atoms with E-state index in [9.17, 15) is 9.18 Å². The van der Waals surface area contributed by atoms with Gasteiger partial charge in [-0.15, -0.1) is 0 Å². The summed E-state index contributed by atoms with van der Waals surface area (Å²) in [4.78, 5) is 12.2. The molecular formula is C16H17FN2O2. The van der Waals surface area contributed by atoms with Crippen molar-refractivity contribution in [3.05, 3.63) is 59.4 Å². The number of anilines is 1. The molecular weight excluding hydrogens is 271 g/mol. The van der Waals surface area contributed by atoms with Gasteiger partial charge in [0.2, 0.25) is 0 Å². The van der Waals surface area contributed by atoms with Crippen molar-refractivity contribution < 1.29 is 13.9 Å². The van der Waals surface area contributed by atoms with Crippen molar-refractivity contribution in [2.75, 3.05) is 12.8 Å². The van der Waals surface area contributed by atoms with E-state index in [2.05, 4.69) is 5.32 Å². The highest BCUT2D eigenvalue weighted by Gasteiger charge is 2.13. The number of nitrogens with one attached hydrogen (secondary N) is 1. The number of carbonyl (C=O) groups excluding carboxylic acids is 1. The van der Waals surface area contributed by atoms with Gasteiger partial charge in [-0.3, -0.25) is 4.79 Å². The van der Waals surface area contributed by atoms with Crippen LogP contribution in [0.5, 0.6) is 5.75 Å². The van der Waals surface area contributed by atoms with Gasteiger partial charge in [-0.25, -0.2) is 4.39 Å². The minimum absolute atomic E-state index is 0.0442. The largest absolute Gasteiger partial charge is 0.494 e. The minimum atomic E-state index is -0.499. The van der Waals surface area contributed by atoms with E-state index in [1.165, 1.54) is 25.3 Å². The standard InChI is InChI=1S/C16H17FN2O2/c1-10(11-3-6-13(18)7-4-11)19-16(20)12-5-8-14(17)15(9-12)21-2/h3-10H,18H2,1-2H3,(H,19,20). The Morgan fingerprint density at radius 2 is 1.90 bits per heavy atom. The van der Waals surface area contributed by atoms with E-state index in [4.69, 9.17) is 10.5 Å². The van der Waals surface area contributed by atoms with E-state index in [1.54, 1.807) is 12.1 Å². The molecule has 0 bridgehead atoms. The minimum Gasteiger partial charge on any atom is -0.494 e. The van der Waals surface area contributed by atoms with Crippen LogP contribution in [0.4, 0.5) is 10.1 Å². The highest BCUT2D eigenvalue weighted by Crippen LogP contribution is 2.19. The zero-order valence-electron chi connectivity index (χ0n) is 11.9. The fraction of sp³-hybridized carbons (Fsp3) is 0.188. The van der Waals surface area contributed by atoms with Crippen molar-refractivity contribution in [1.82, 2.24) is 5.32 Å². The van der Waals surface area contributed by atoms with Gasteiger partial charge in [-0.05, 0) is 42.8 Å². The Morgan fingerprint density at radius 1 is 1.24 bits per heavy atom. The fourth-order valence-electron chi connectivity index (χ4n) is 1.95. The van der Waals surface area contributed by atoms with Gasteiger partial charge in [-0.1, -0.05) is 12.1 Å². The highest BCUT2D eigenvalue weighted by atomic mass is 19.1. The first-order valence-corrected chi connectivity index (χ1v) is 6.51. The number of rotatable bonds is 4. The Labute approximate surface area is 122 Å². The van der Waals surface area contributed by atoms with E-state index >= 15 is 0 Å². The summed E-state index contributed by atoms with van der Waals surface area (Å²) in [6, 6.07) is 11.1. The number of methoxy groups -OCH3 is 1. The van der Waals surface area contributed by atoms with Gasteiger partial charge in [0.25, 0.3) is 5.91 Å². The molecule has 21 heavy (non-hydrogen) atoms. The predicted molar refractivity (Wildman–Crippen MR) is 79.7 cm³/mol. The third kappa shape index (κ3) is 3.51. The molecule has 0 aliphatic heterocycles. The van der Waals surface area contributed by atoms with Crippen LogP contribution >= 0.6 is 0 Å². The Hall–Kier alpha value is -2.56. The summed E-state index contributed by atoms with van der Waals surface area (Å²) >= 11 is 0. The third-order valence-electron chi connectivity index (χ3n) is 3.20. The van der Waals surface area contributed by atoms with E-state index < -0.39 is 5.82 Å². The van der Waals surface area contributed by atoms with Crippen LogP contribution in [-0.2, 0) is 0 Å². The molecule has 0 fully saturated rings. The maximum absolute atomic E-state index is 13.3. The van der Waals surface area contributed by atoms with Gasteiger partial charge in [0.1, 0.15) is 0 Å². The first-order valence-electron chi connectivity index (χ1n) is 6.51. The predicted octanol–water partition coefficient (Wildman–Crippen LogP) is 2.91. The van der Waals surface area contributed by atoms with Crippen LogP contribution in [0.15, 0.2) is 42.5 Å². The lowest BCUT2D eigenvalue weighted by Crippen LogP contribution is -2.26. The van der Waals surface area contributed by atoms with Crippen molar-refractivity contribution in [1.29, 1.82) is 0 Å². The number of nitrogen functional groups attached to an aromatic ring is 1. The lowest BCUT2D eigenvalue weighted by molar-refractivity contribution is 0.0939. The number of carbonyl (C=O) groups is 1. The molecule has 0 saturated carbocycles. The summed E-state index contributed by atoms with van der Waals surface area (Å²) in [7, 11) is 1.36. The van der Waals surface area contributed by atoms with Gasteiger partial charge < -0.3 is 15.8 Å². The van der Waals surface area contributed by atoms with E-state index in [0.29, 0.717) is 11.3 Å². The second-order valence-corrected chi connectivity index (χ2v) is 4.71. The molecule has 1 atom stereocenters. The van der Waals surface area contributed by atoms with Crippen LogP contribution < -0.4 is 15.8 Å². The number of benzene rings is 2. The summed E-state index contributed by atoms with van der Waals surface area (Å²) in [5.74, 6) is -0.749. The molecule has 0 heterocycles. The molecule has 4 nitrogen and oxygen atoms in total. The first-order chi connectivity index (χ1) is 10.0. The van der Waals surface area contributed by atoms with Gasteiger partial charge in [-0.2, -0.15) is 0 Å². The number of hydrogen-bond acceptors (Lipinski definition) is 3. The van der Waals surface area contributed by atoms with Crippen LogP contribution in [0.2, 0.25) is 0 Å². The third-order valence-corrected chi connectivity index (χ3v) is 3.20. The van der Waals surface area contributed by atoms with Crippen molar-refractivity contribution in [2.24, 2.45) is 0 Å². The van der Waals surface area contributed by atoms with Crippen molar-refractivity contribution >= 4 is 11.6 Å². The molecule has 5 heteroatoms. The molecule has 2 aromatic rings. The van der Waals surface area contributed by atoms with E-state index in [1.807, 2.05) is 19.1 Å². The quantitative estimate of drug-likeness (QED) is 0.850. The average Bonchev–Trinajstić information content (AvgIpc) is 2.48. The molecule has 0 aliphatic carbocycles. The van der Waals surface area contributed by atoms with Crippen molar-refractivity contribution in [3.63, 3.8) is 0 Å². The molecule has 0 aromatic heterocycles. The summed E-state index contributed by atoms with van der Waals surface area (Å²) in [6.07, 6.45) is 0. The number of halogens is 1. The normalized spacial score (nSPS) is 11.8. The van der Waals surface area contributed by atoms with Crippen LogP contribution in [0.3, 0.4) is 0 Å². The number of nitrogens with two attached hydrogens (primary N) is 1. The van der Waals surface area contributed by atoms with E-state index in [-0.39, 0.29) is 17.7 Å². The average molecular weight is 288 g/mol. The maximum atomic E-state index is 13.3. The Balaban J connectivity index is 2.12. The highest BCUT2D eigenvalue weighted by molar-refractivity contribution is 5.94. The smallest absolute Gasteiger partial charge is 0.251 e. The summed E-state index contributed by atoms with van der Waals surface area (Å²) in [5, 5.41) is 2.84. The van der Waals surface area contributed by atoms with Gasteiger partial charge in [0.15, 0.2) is 11.6 Å². The topological polar surface area (TPSA) is 64.3 Å². The molecule has 2 rings (SSSR count). The van der Waals surface area contributed by atoms with Gasteiger partial charge in [0.05, 0.1) is 13.2 Å². The molecule has 0 aliphatic rings. The van der Waals surface area contributed by atoms with Crippen LogP contribution in [-0.4, -0.2) is 13.0 Å². The Kier molecular flexibility index (Phi) is 4.42. The van der Waals surface area contributed by atoms with Crippen molar-refractivity contribution in [2.45, 2.75) is 13.0 Å². The number of hydrogen-bond donors (Lipinski definition) is 2. The summed E-state index contributed by atoms with van der Waals surface area (Å²) in [6.45, 7) is 1.87. The number of amides is 1. The molecule has 1 amide bonds. The molecule has 0 spiro atoms. The van der Waals surface area contributed by atoms with Gasteiger partial charge in [0, 0.05) is 11.3 Å². The molecule has 110 valence electrons. The molecule has 1 unspecified atom stereocenters. The Bertz CT molecular complexity index is 641. The van der Waals surface area contributed by atoms with Crippen LogP contribution in [0.1, 0.15) is 28.9 Å². The maximum Gasteiger partial charge on any atom is 0.251 e. The molecule has 0 saturated heterocycles. The zero-order valence-corrected chi connectivity index (χ0v) is 11.9. The Morgan fingerprint density at radius 3 is 2.52 bits per heavy atom. The molecule has 3 N–H and O–H groups in total. The second kappa shape index (κ2) is 6.26. The molecule has 0 radical (unpaired) electrons. The lowest BCUT2D eigenvalue weighted by atomic mass is 10.1. The number of ether oxygens (including phenoxy) is 1. The second-order valence-electron chi connectivity index (χ2n) is 4.71. The summed E-state index contributed by atoms with van der Waals surface area (Å²) < 4.78 is 18.2. The summed E-state index contributed by atoms with van der Waals surface area (Å²) in [5.41, 5.74) is 7.58. The monoisotopic (exact) mass is 288 g/mol. The fourth-order valence-corrected chi connectivity index (χ4v) is 1.95.